The van der Waals surface area contributed by atoms with Crippen molar-refractivity contribution in [3.05, 3.63) is 83.2 Å². The summed E-state index contributed by atoms with van der Waals surface area (Å²) in [6, 6.07) is 17.9. The molecule has 0 aliphatic rings. The molecule has 2 aromatic carbocycles. The van der Waals surface area contributed by atoms with Crippen LogP contribution < -0.4 is 5.48 Å². The summed E-state index contributed by atoms with van der Waals surface area (Å²) in [5.74, 6) is 0. The van der Waals surface area contributed by atoms with E-state index in [4.69, 9.17) is 5.21 Å². The number of rotatable bonds is 2. The molecule has 2 heterocycles. The van der Waals surface area contributed by atoms with Crippen LogP contribution in [0.25, 0.3) is 21.8 Å². The van der Waals surface area contributed by atoms with Crippen LogP contribution in [0, 0.1) is 10.1 Å². The lowest BCUT2D eigenvalue weighted by atomic mass is 10.2. The Morgan fingerprint density at radius 3 is 2.04 bits per heavy atom. The first-order valence-corrected chi connectivity index (χ1v) is 7.42. The number of fused-ring (bicyclic) bond motifs is 2. The molecule has 0 saturated heterocycles. The zero-order valence-electron chi connectivity index (χ0n) is 13.0. The normalized spacial score (nSPS) is 10.1. The number of aromatic nitrogens is 2. The van der Waals surface area contributed by atoms with Gasteiger partial charge in [-0.15, -0.1) is 0 Å². The fraction of sp³-hybridized carbons (Fsp3) is 0. The van der Waals surface area contributed by atoms with Crippen molar-refractivity contribution >= 4 is 33.2 Å². The molecular formula is C18H14N4O3. The van der Waals surface area contributed by atoms with Crippen molar-refractivity contribution < 1.29 is 10.1 Å². The van der Waals surface area contributed by atoms with Gasteiger partial charge in [0.1, 0.15) is 5.52 Å². The van der Waals surface area contributed by atoms with Gasteiger partial charge in [0.15, 0.2) is 0 Å². The van der Waals surface area contributed by atoms with Crippen molar-refractivity contribution in [3.63, 3.8) is 0 Å². The van der Waals surface area contributed by atoms with Gasteiger partial charge in [0.25, 0.3) is 5.69 Å². The maximum Gasteiger partial charge on any atom is 0.295 e. The van der Waals surface area contributed by atoms with Gasteiger partial charge in [-0.3, -0.25) is 25.8 Å². The minimum Gasteiger partial charge on any atom is -0.291 e. The fourth-order valence-electron chi connectivity index (χ4n) is 2.43. The summed E-state index contributed by atoms with van der Waals surface area (Å²) >= 11 is 0. The quantitative estimate of drug-likeness (QED) is 0.421. The predicted octanol–water partition coefficient (Wildman–Crippen LogP) is 4.18. The Morgan fingerprint density at radius 1 is 0.840 bits per heavy atom. The third-order valence-corrected chi connectivity index (χ3v) is 3.56. The molecule has 0 amide bonds. The number of pyridine rings is 2. The molecule has 0 unspecified atom stereocenters. The zero-order chi connectivity index (χ0) is 17.6. The molecule has 4 aromatic rings. The van der Waals surface area contributed by atoms with Gasteiger partial charge in [0.05, 0.1) is 16.1 Å². The third kappa shape index (κ3) is 3.51. The third-order valence-electron chi connectivity index (χ3n) is 3.56. The second-order valence-corrected chi connectivity index (χ2v) is 5.10. The highest BCUT2D eigenvalue weighted by Crippen LogP contribution is 2.22. The molecule has 0 fully saturated rings. The van der Waals surface area contributed by atoms with Crippen molar-refractivity contribution in [3.8, 4) is 0 Å². The van der Waals surface area contributed by atoms with E-state index in [1.165, 1.54) is 6.07 Å². The second kappa shape index (κ2) is 7.33. The van der Waals surface area contributed by atoms with E-state index in [0.29, 0.717) is 11.2 Å². The zero-order valence-corrected chi connectivity index (χ0v) is 13.0. The average Bonchev–Trinajstić information content (AvgIpc) is 2.67. The number of benzene rings is 2. The highest BCUT2D eigenvalue weighted by molar-refractivity contribution is 5.89. The number of nitrogens with one attached hydrogen (secondary N) is 1. The SMILES string of the molecule is O=[N+]([O-])c1cccc2cccnc12.ONc1cccc2cccnc12. The van der Waals surface area contributed by atoms with Crippen molar-refractivity contribution in [2.75, 3.05) is 5.48 Å². The minimum absolute atomic E-state index is 0.0538. The molecule has 7 nitrogen and oxygen atoms in total. The van der Waals surface area contributed by atoms with Gasteiger partial charge in [-0.2, -0.15) is 0 Å². The number of hydrogen-bond donors (Lipinski definition) is 2. The summed E-state index contributed by atoms with van der Waals surface area (Å²) in [5.41, 5.74) is 4.01. The van der Waals surface area contributed by atoms with E-state index in [-0.39, 0.29) is 5.69 Å². The van der Waals surface area contributed by atoms with Gasteiger partial charge < -0.3 is 0 Å². The summed E-state index contributed by atoms with van der Waals surface area (Å²) in [6.45, 7) is 0. The molecular weight excluding hydrogens is 320 g/mol. The Morgan fingerprint density at radius 2 is 1.40 bits per heavy atom. The van der Waals surface area contributed by atoms with E-state index in [0.717, 1.165) is 16.3 Å². The number of non-ortho nitro benzene ring substituents is 1. The topological polar surface area (TPSA) is 101 Å². The Kier molecular flexibility index (Phi) is 4.77. The van der Waals surface area contributed by atoms with Gasteiger partial charge in [0, 0.05) is 29.2 Å². The molecule has 2 aromatic heterocycles. The molecule has 0 saturated carbocycles. The molecule has 7 heteroatoms. The van der Waals surface area contributed by atoms with Crippen molar-refractivity contribution in [2.24, 2.45) is 0 Å². The molecule has 25 heavy (non-hydrogen) atoms. The lowest BCUT2D eigenvalue weighted by molar-refractivity contribution is -0.383. The van der Waals surface area contributed by atoms with Crippen molar-refractivity contribution in [2.45, 2.75) is 0 Å². The molecule has 124 valence electrons. The van der Waals surface area contributed by atoms with E-state index >= 15 is 0 Å². The molecule has 0 aliphatic carbocycles. The van der Waals surface area contributed by atoms with Crippen LogP contribution in [-0.2, 0) is 0 Å². The highest BCUT2D eigenvalue weighted by Gasteiger charge is 2.10. The smallest absolute Gasteiger partial charge is 0.291 e. The summed E-state index contributed by atoms with van der Waals surface area (Å²) in [6.07, 6.45) is 3.25. The fourth-order valence-corrected chi connectivity index (χ4v) is 2.43. The number of nitro benzene ring substituents is 1. The van der Waals surface area contributed by atoms with Crippen LogP contribution in [0.1, 0.15) is 0 Å². The molecule has 0 aliphatic heterocycles. The monoisotopic (exact) mass is 334 g/mol. The molecule has 0 atom stereocenters. The van der Waals surface area contributed by atoms with E-state index in [9.17, 15) is 10.1 Å². The van der Waals surface area contributed by atoms with Gasteiger partial charge in [-0.05, 0) is 18.2 Å². The molecule has 0 radical (unpaired) electrons. The molecule has 0 spiro atoms. The Balaban J connectivity index is 0.000000146. The standard InChI is InChI=1S/C9H6N2O2.C9H8N2O/c12-11(13)8-5-1-3-7-4-2-6-10-9(7)8;12-11-8-5-1-3-7-4-2-6-10-9(7)8/h1-6H;1-6,11-12H. The van der Waals surface area contributed by atoms with Gasteiger partial charge >= 0.3 is 0 Å². The molecule has 0 bridgehead atoms. The first-order valence-electron chi connectivity index (χ1n) is 7.42. The van der Waals surface area contributed by atoms with Crippen molar-refractivity contribution in [1.29, 1.82) is 0 Å². The largest absolute Gasteiger partial charge is 0.295 e. The number of nitro groups is 1. The minimum atomic E-state index is -0.421. The van der Waals surface area contributed by atoms with Gasteiger partial charge in [0.2, 0.25) is 0 Å². The number of anilines is 1. The van der Waals surface area contributed by atoms with E-state index < -0.39 is 4.92 Å². The van der Waals surface area contributed by atoms with Gasteiger partial charge in [-0.25, -0.2) is 4.98 Å². The van der Waals surface area contributed by atoms with E-state index in [1.54, 1.807) is 42.7 Å². The van der Waals surface area contributed by atoms with E-state index in [2.05, 4.69) is 15.4 Å². The van der Waals surface area contributed by atoms with Crippen LogP contribution in [0.3, 0.4) is 0 Å². The van der Waals surface area contributed by atoms with Crippen LogP contribution in [0.15, 0.2) is 73.1 Å². The molecule has 4 rings (SSSR count). The molecule has 2 N–H and O–H groups in total. The first-order chi connectivity index (χ1) is 12.2. The maximum atomic E-state index is 10.6. The van der Waals surface area contributed by atoms with Gasteiger partial charge in [-0.1, -0.05) is 36.4 Å². The summed E-state index contributed by atoms with van der Waals surface area (Å²) < 4.78 is 0. The lowest BCUT2D eigenvalue weighted by Gasteiger charge is -2.01. The van der Waals surface area contributed by atoms with Crippen LogP contribution in [-0.4, -0.2) is 20.1 Å². The predicted molar refractivity (Wildman–Crippen MR) is 95.5 cm³/mol. The van der Waals surface area contributed by atoms with Crippen LogP contribution in [0.4, 0.5) is 11.4 Å². The Bertz CT molecular complexity index is 1030. The van der Waals surface area contributed by atoms with E-state index in [1.807, 2.05) is 24.3 Å². The lowest BCUT2D eigenvalue weighted by Crippen LogP contribution is -1.91. The van der Waals surface area contributed by atoms with Crippen molar-refractivity contribution in [1.82, 2.24) is 9.97 Å². The average molecular weight is 334 g/mol. The van der Waals surface area contributed by atoms with Crippen LogP contribution in [0.5, 0.6) is 0 Å². The number of nitrogens with zero attached hydrogens (tertiary/aromatic N) is 3. The van der Waals surface area contributed by atoms with Crippen LogP contribution in [0.2, 0.25) is 0 Å². The summed E-state index contributed by atoms with van der Waals surface area (Å²) in [5, 5.41) is 21.1. The highest BCUT2D eigenvalue weighted by atomic mass is 16.6. The Hall–Kier alpha value is -3.58. The maximum absolute atomic E-state index is 10.6. The number of para-hydroxylation sites is 2. The first kappa shape index (κ1) is 16.3. The second-order valence-electron chi connectivity index (χ2n) is 5.10. The number of hydrogen-bond acceptors (Lipinski definition) is 6. The summed E-state index contributed by atoms with van der Waals surface area (Å²) in [7, 11) is 0. The summed E-state index contributed by atoms with van der Waals surface area (Å²) in [4.78, 5) is 18.2. The van der Waals surface area contributed by atoms with Crippen LogP contribution >= 0.6 is 0 Å². The Labute approximate surface area is 142 Å².